The molecule has 3 rings (SSSR count). The number of aryl methyl sites for hydroxylation is 2. The first-order valence-electron chi connectivity index (χ1n) is 8.82. The van der Waals surface area contributed by atoms with Gasteiger partial charge in [0.05, 0.1) is 10.6 Å². The summed E-state index contributed by atoms with van der Waals surface area (Å²) in [4.78, 5) is 14.6. The van der Waals surface area contributed by atoms with Crippen LogP contribution in [-0.4, -0.2) is 38.9 Å². The molecule has 0 saturated carbocycles. The standard InChI is InChI=1S/C20H24N2O3S/c1-16-12-17(2)14-18(13-16)22(15-20(23)21-10-6-7-11-21)26(24,25)19-8-4-3-5-9-19/h3-5,8-9,12-14H,6-7,10-11,15H2,1-2H3. The van der Waals surface area contributed by atoms with Crippen LogP contribution in [0.4, 0.5) is 5.69 Å². The van der Waals surface area contributed by atoms with Gasteiger partial charge in [0, 0.05) is 13.1 Å². The van der Waals surface area contributed by atoms with Crippen molar-refractivity contribution in [2.24, 2.45) is 0 Å². The normalized spacial score (nSPS) is 14.5. The number of carbonyl (C=O) groups excluding carboxylic acids is 1. The molecular formula is C20H24N2O3S. The molecule has 2 aromatic rings. The zero-order chi connectivity index (χ0) is 18.7. The van der Waals surface area contributed by atoms with Crippen LogP contribution in [0, 0.1) is 13.8 Å². The maximum Gasteiger partial charge on any atom is 0.264 e. The number of likely N-dealkylation sites (tertiary alicyclic amines) is 1. The number of rotatable bonds is 5. The van der Waals surface area contributed by atoms with Crippen LogP contribution >= 0.6 is 0 Å². The van der Waals surface area contributed by atoms with E-state index in [0.29, 0.717) is 18.8 Å². The Kier molecular flexibility index (Phi) is 5.32. The maximum atomic E-state index is 13.3. The van der Waals surface area contributed by atoms with Crippen LogP contribution in [0.3, 0.4) is 0 Å². The van der Waals surface area contributed by atoms with Crippen LogP contribution in [0.2, 0.25) is 0 Å². The Morgan fingerprint density at radius 2 is 1.58 bits per heavy atom. The summed E-state index contributed by atoms with van der Waals surface area (Å²) in [7, 11) is -3.83. The van der Waals surface area contributed by atoms with Crippen molar-refractivity contribution < 1.29 is 13.2 Å². The number of hydrogen-bond donors (Lipinski definition) is 0. The van der Waals surface area contributed by atoms with Gasteiger partial charge in [-0.3, -0.25) is 9.10 Å². The van der Waals surface area contributed by atoms with Gasteiger partial charge in [-0.25, -0.2) is 8.42 Å². The fourth-order valence-corrected chi connectivity index (χ4v) is 4.74. The van der Waals surface area contributed by atoms with E-state index in [4.69, 9.17) is 0 Å². The van der Waals surface area contributed by atoms with Gasteiger partial charge < -0.3 is 4.90 Å². The molecule has 2 aromatic carbocycles. The number of hydrogen-bond acceptors (Lipinski definition) is 3. The predicted octanol–water partition coefficient (Wildman–Crippen LogP) is 3.12. The van der Waals surface area contributed by atoms with Crippen LogP contribution in [0.5, 0.6) is 0 Å². The topological polar surface area (TPSA) is 57.7 Å². The van der Waals surface area contributed by atoms with Crippen molar-refractivity contribution in [3.05, 3.63) is 59.7 Å². The van der Waals surface area contributed by atoms with Gasteiger partial charge in [0.2, 0.25) is 5.91 Å². The van der Waals surface area contributed by atoms with Crippen molar-refractivity contribution in [1.29, 1.82) is 0 Å². The Morgan fingerprint density at radius 1 is 1.00 bits per heavy atom. The average Bonchev–Trinajstić information content (AvgIpc) is 3.14. The van der Waals surface area contributed by atoms with Gasteiger partial charge in [-0.1, -0.05) is 24.3 Å². The van der Waals surface area contributed by atoms with Gasteiger partial charge in [0.25, 0.3) is 10.0 Å². The van der Waals surface area contributed by atoms with Crippen LogP contribution in [0.1, 0.15) is 24.0 Å². The largest absolute Gasteiger partial charge is 0.341 e. The summed E-state index contributed by atoms with van der Waals surface area (Å²) in [5.74, 6) is -0.152. The van der Waals surface area contributed by atoms with E-state index in [1.807, 2.05) is 32.0 Å². The minimum atomic E-state index is -3.83. The highest BCUT2D eigenvalue weighted by molar-refractivity contribution is 7.92. The molecular weight excluding hydrogens is 348 g/mol. The molecule has 138 valence electrons. The van der Waals surface area contributed by atoms with Crippen molar-refractivity contribution >= 4 is 21.6 Å². The Balaban J connectivity index is 2.02. The lowest BCUT2D eigenvalue weighted by Gasteiger charge is -2.27. The molecule has 0 bridgehead atoms. The highest BCUT2D eigenvalue weighted by atomic mass is 32.2. The van der Waals surface area contributed by atoms with Crippen molar-refractivity contribution in [3.8, 4) is 0 Å². The van der Waals surface area contributed by atoms with Crippen LogP contribution in [0.25, 0.3) is 0 Å². The highest BCUT2D eigenvalue weighted by Gasteiger charge is 2.29. The Morgan fingerprint density at radius 3 is 2.15 bits per heavy atom. The predicted molar refractivity (Wildman–Crippen MR) is 103 cm³/mol. The van der Waals surface area contributed by atoms with E-state index in [9.17, 15) is 13.2 Å². The minimum Gasteiger partial charge on any atom is -0.341 e. The van der Waals surface area contributed by atoms with Gasteiger partial charge in [0.15, 0.2) is 0 Å². The monoisotopic (exact) mass is 372 g/mol. The van der Waals surface area contributed by atoms with E-state index < -0.39 is 10.0 Å². The number of nitrogens with zero attached hydrogens (tertiary/aromatic N) is 2. The van der Waals surface area contributed by atoms with E-state index in [-0.39, 0.29) is 17.3 Å². The highest BCUT2D eigenvalue weighted by Crippen LogP contribution is 2.26. The number of anilines is 1. The van der Waals surface area contributed by atoms with Gasteiger partial charge in [-0.15, -0.1) is 0 Å². The second-order valence-corrected chi connectivity index (χ2v) is 8.62. The SMILES string of the molecule is Cc1cc(C)cc(N(CC(=O)N2CCCC2)S(=O)(=O)c2ccccc2)c1. The third-order valence-corrected chi connectivity index (χ3v) is 6.35. The third kappa shape index (κ3) is 3.90. The van der Waals surface area contributed by atoms with Crippen molar-refractivity contribution in [3.63, 3.8) is 0 Å². The smallest absolute Gasteiger partial charge is 0.264 e. The second-order valence-electron chi connectivity index (χ2n) is 6.76. The van der Waals surface area contributed by atoms with Gasteiger partial charge in [0.1, 0.15) is 6.54 Å². The lowest BCUT2D eigenvalue weighted by atomic mass is 10.1. The zero-order valence-corrected chi connectivity index (χ0v) is 16.0. The fraction of sp³-hybridized carbons (Fsp3) is 0.350. The molecule has 1 saturated heterocycles. The molecule has 0 unspecified atom stereocenters. The number of amides is 1. The summed E-state index contributed by atoms with van der Waals surface area (Å²) in [6, 6.07) is 13.9. The summed E-state index contributed by atoms with van der Waals surface area (Å²) in [5, 5.41) is 0. The van der Waals surface area contributed by atoms with E-state index in [2.05, 4.69) is 0 Å². The molecule has 1 amide bonds. The average molecular weight is 372 g/mol. The lowest BCUT2D eigenvalue weighted by Crippen LogP contribution is -2.42. The molecule has 0 aliphatic carbocycles. The van der Waals surface area contributed by atoms with Gasteiger partial charge in [-0.2, -0.15) is 0 Å². The Hall–Kier alpha value is -2.34. The van der Waals surface area contributed by atoms with E-state index in [1.165, 1.54) is 4.31 Å². The molecule has 0 radical (unpaired) electrons. The van der Waals surface area contributed by atoms with E-state index >= 15 is 0 Å². The maximum absolute atomic E-state index is 13.3. The fourth-order valence-electron chi connectivity index (χ4n) is 3.32. The Labute approximate surface area is 155 Å². The number of carbonyl (C=O) groups is 1. The van der Waals surface area contributed by atoms with Gasteiger partial charge >= 0.3 is 0 Å². The van der Waals surface area contributed by atoms with E-state index in [0.717, 1.165) is 24.0 Å². The summed E-state index contributed by atoms with van der Waals surface area (Å²) < 4.78 is 27.8. The van der Waals surface area contributed by atoms with Crippen LogP contribution < -0.4 is 4.31 Å². The molecule has 1 heterocycles. The molecule has 0 atom stereocenters. The van der Waals surface area contributed by atoms with Gasteiger partial charge in [-0.05, 0) is 62.1 Å². The molecule has 1 aliphatic heterocycles. The number of sulfonamides is 1. The minimum absolute atomic E-state index is 0.152. The second kappa shape index (κ2) is 7.50. The molecule has 1 fully saturated rings. The molecule has 0 N–H and O–H groups in total. The molecule has 5 nitrogen and oxygen atoms in total. The summed E-state index contributed by atoms with van der Waals surface area (Å²) in [6.45, 7) is 5.06. The quantitative estimate of drug-likeness (QED) is 0.810. The zero-order valence-electron chi connectivity index (χ0n) is 15.2. The first kappa shape index (κ1) is 18.5. The Bertz CT molecular complexity index is 868. The third-order valence-electron chi connectivity index (χ3n) is 4.56. The molecule has 26 heavy (non-hydrogen) atoms. The first-order valence-corrected chi connectivity index (χ1v) is 10.3. The van der Waals surface area contributed by atoms with Crippen molar-refractivity contribution in [2.45, 2.75) is 31.6 Å². The van der Waals surface area contributed by atoms with Crippen LogP contribution in [-0.2, 0) is 14.8 Å². The lowest BCUT2D eigenvalue weighted by molar-refractivity contribution is -0.128. The summed E-state index contributed by atoms with van der Waals surface area (Å²) in [6.07, 6.45) is 1.95. The molecule has 0 spiro atoms. The molecule has 0 aromatic heterocycles. The van der Waals surface area contributed by atoms with Crippen molar-refractivity contribution in [2.75, 3.05) is 23.9 Å². The van der Waals surface area contributed by atoms with E-state index in [1.54, 1.807) is 35.2 Å². The summed E-state index contributed by atoms with van der Waals surface area (Å²) in [5.41, 5.74) is 2.45. The summed E-state index contributed by atoms with van der Waals surface area (Å²) >= 11 is 0. The van der Waals surface area contributed by atoms with Crippen LogP contribution in [0.15, 0.2) is 53.4 Å². The first-order chi connectivity index (χ1) is 12.4. The van der Waals surface area contributed by atoms with Crippen molar-refractivity contribution in [1.82, 2.24) is 4.90 Å². The number of benzene rings is 2. The molecule has 6 heteroatoms. The molecule has 1 aliphatic rings.